The molecular weight excluding hydrogens is 246 g/mol. The third kappa shape index (κ3) is 1.64. The zero-order chi connectivity index (χ0) is 13.4. The van der Waals surface area contributed by atoms with E-state index in [-0.39, 0.29) is 0 Å². The van der Waals surface area contributed by atoms with Crippen LogP contribution in [0.25, 0.3) is 33.4 Å². The Kier molecular flexibility index (Phi) is 2.42. The van der Waals surface area contributed by atoms with Crippen LogP contribution in [0, 0.1) is 0 Å². The summed E-state index contributed by atoms with van der Waals surface area (Å²) in [5.74, 6) is 0. The minimum atomic E-state index is 0.987. The van der Waals surface area contributed by atoms with Crippen LogP contribution in [-0.4, -0.2) is 15.2 Å². The molecule has 0 aliphatic carbocycles. The maximum Gasteiger partial charge on any atom is 0.102 e. The SMILES string of the molecule is c1ccc(-c2[nH]ccc2-c2n[nH]c3ccccc23)cc1. The summed E-state index contributed by atoms with van der Waals surface area (Å²) in [6, 6.07) is 20.6. The normalized spacial score (nSPS) is 11.0. The van der Waals surface area contributed by atoms with Crippen LogP contribution in [0.1, 0.15) is 0 Å². The molecule has 2 aromatic heterocycles. The van der Waals surface area contributed by atoms with Gasteiger partial charge in [0.25, 0.3) is 0 Å². The van der Waals surface area contributed by atoms with Crippen molar-refractivity contribution in [3.05, 3.63) is 66.9 Å². The monoisotopic (exact) mass is 259 g/mol. The van der Waals surface area contributed by atoms with E-state index in [4.69, 9.17) is 0 Å². The highest BCUT2D eigenvalue weighted by molar-refractivity contribution is 5.96. The molecule has 0 spiro atoms. The van der Waals surface area contributed by atoms with E-state index in [0.29, 0.717) is 0 Å². The molecule has 3 nitrogen and oxygen atoms in total. The number of fused-ring (bicyclic) bond motifs is 1. The Morgan fingerprint density at radius 2 is 1.60 bits per heavy atom. The molecule has 0 unspecified atom stereocenters. The number of nitrogens with one attached hydrogen (secondary N) is 2. The van der Waals surface area contributed by atoms with Crippen molar-refractivity contribution in [1.82, 2.24) is 15.2 Å². The quantitative estimate of drug-likeness (QED) is 0.556. The third-order valence-corrected chi connectivity index (χ3v) is 3.53. The predicted molar refractivity (Wildman–Crippen MR) is 81.3 cm³/mol. The van der Waals surface area contributed by atoms with Gasteiger partial charge in [0.1, 0.15) is 5.69 Å². The fourth-order valence-corrected chi connectivity index (χ4v) is 2.58. The van der Waals surface area contributed by atoms with Crippen LogP contribution in [0.5, 0.6) is 0 Å². The molecule has 4 aromatic rings. The molecular formula is C17H13N3. The second kappa shape index (κ2) is 4.38. The van der Waals surface area contributed by atoms with Crippen molar-refractivity contribution in [2.24, 2.45) is 0 Å². The van der Waals surface area contributed by atoms with E-state index in [1.807, 2.05) is 42.6 Å². The number of hydrogen-bond donors (Lipinski definition) is 2. The van der Waals surface area contributed by atoms with Gasteiger partial charge in [-0.25, -0.2) is 0 Å². The number of aromatic amines is 2. The lowest BCUT2D eigenvalue weighted by Gasteiger charge is -2.02. The standard InChI is InChI=1S/C17H13N3/c1-2-6-12(7-3-1)16-14(10-11-18-16)17-13-8-4-5-9-15(13)19-20-17/h1-11,18H,(H,19,20). The molecule has 0 atom stereocenters. The van der Waals surface area contributed by atoms with Gasteiger partial charge in [-0.1, -0.05) is 48.5 Å². The first-order valence-electron chi connectivity index (χ1n) is 6.60. The number of aromatic nitrogens is 3. The maximum atomic E-state index is 4.48. The Hall–Kier alpha value is -2.81. The van der Waals surface area contributed by atoms with Gasteiger partial charge in [-0.05, 0) is 17.7 Å². The summed E-state index contributed by atoms with van der Waals surface area (Å²) < 4.78 is 0. The highest BCUT2D eigenvalue weighted by Crippen LogP contribution is 2.33. The van der Waals surface area contributed by atoms with Crippen LogP contribution in [-0.2, 0) is 0 Å². The summed E-state index contributed by atoms with van der Waals surface area (Å²) in [4.78, 5) is 3.32. The first-order valence-corrected chi connectivity index (χ1v) is 6.60. The fourth-order valence-electron chi connectivity index (χ4n) is 2.58. The Balaban J connectivity index is 1.94. The Morgan fingerprint density at radius 1 is 0.800 bits per heavy atom. The smallest absolute Gasteiger partial charge is 0.102 e. The van der Waals surface area contributed by atoms with Crippen molar-refractivity contribution in [2.75, 3.05) is 0 Å². The van der Waals surface area contributed by atoms with Gasteiger partial charge in [0, 0.05) is 17.1 Å². The summed E-state index contributed by atoms with van der Waals surface area (Å²) in [5, 5.41) is 8.71. The van der Waals surface area contributed by atoms with Crippen molar-refractivity contribution in [1.29, 1.82) is 0 Å². The van der Waals surface area contributed by atoms with E-state index in [9.17, 15) is 0 Å². The molecule has 0 radical (unpaired) electrons. The fraction of sp³-hybridized carbons (Fsp3) is 0. The molecule has 0 fully saturated rings. The molecule has 0 bridgehead atoms. The number of H-pyrrole nitrogens is 2. The molecule has 20 heavy (non-hydrogen) atoms. The van der Waals surface area contributed by atoms with E-state index < -0.39 is 0 Å². The lowest BCUT2D eigenvalue weighted by Crippen LogP contribution is -1.83. The van der Waals surface area contributed by atoms with Gasteiger partial charge < -0.3 is 4.98 Å². The van der Waals surface area contributed by atoms with Crippen LogP contribution in [0.15, 0.2) is 66.9 Å². The van der Waals surface area contributed by atoms with Gasteiger partial charge in [0.15, 0.2) is 0 Å². The first-order chi connectivity index (χ1) is 9.93. The third-order valence-electron chi connectivity index (χ3n) is 3.53. The molecule has 0 aliphatic rings. The molecule has 0 amide bonds. The Bertz CT molecular complexity index is 856. The first kappa shape index (κ1) is 11.1. The Labute approximate surface area is 116 Å². The molecule has 4 rings (SSSR count). The van der Waals surface area contributed by atoms with E-state index >= 15 is 0 Å². The highest BCUT2D eigenvalue weighted by Gasteiger charge is 2.13. The molecule has 2 heterocycles. The summed E-state index contributed by atoms with van der Waals surface area (Å²) >= 11 is 0. The Morgan fingerprint density at radius 3 is 2.50 bits per heavy atom. The summed E-state index contributed by atoms with van der Waals surface area (Å²) in [6.07, 6.45) is 1.96. The van der Waals surface area contributed by atoms with Crippen molar-refractivity contribution < 1.29 is 0 Å². The van der Waals surface area contributed by atoms with E-state index in [2.05, 4.69) is 39.4 Å². The van der Waals surface area contributed by atoms with Crippen molar-refractivity contribution in [3.63, 3.8) is 0 Å². The van der Waals surface area contributed by atoms with Crippen LogP contribution in [0.4, 0.5) is 0 Å². The molecule has 2 N–H and O–H groups in total. The zero-order valence-corrected chi connectivity index (χ0v) is 10.8. The largest absolute Gasteiger partial charge is 0.361 e. The lowest BCUT2D eigenvalue weighted by molar-refractivity contribution is 1.12. The topological polar surface area (TPSA) is 44.5 Å². The average molecular weight is 259 g/mol. The van der Waals surface area contributed by atoms with Crippen LogP contribution in [0.3, 0.4) is 0 Å². The second-order valence-corrected chi connectivity index (χ2v) is 4.75. The van der Waals surface area contributed by atoms with Gasteiger partial charge in [-0.3, -0.25) is 5.10 Å². The summed E-state index contributed by atoms with van der Waals surface area (Å²) in [7, 11) is 0. The van der Waals surface area contributed by atoms with E-state index in [0.717, 1.165) is 27.9 Å². The average Bonchev–Trinajstić information content (AvgIpc) is 3.14. The molecule has 0 aliphatic heterocycles. The maximum absolute atomic E-state index is 4.48. The summed E-state index contributed by atoms with van der Waals surface area (Å²) in [5.41, 5.74) is 5.43. The number of para-hydroxylation sites is 1. The zero-order valence-electron chi connectivity index (χ0n) is 10.8. The van der Waals surface area contributed by atoms with Gasteiger partial charge in [-0.15, -0.1) is 0 Å². The number of nitrogens with zero attached hydrogens (tertiary/aromatic N) is 1. The summed E-state index contributed by atoms with van der Waals surface area (Å²) in [6.45, 7) is 0. The minimum Gasteiger partial charge on any atom is -0.361 e. The minimum absolute atomic E-state index is 0.987. The molecule has 96 valence electrons. The predicted octanol–water partition coefficient (Wildman–Crippen LogP) is 4.23. The molecule has 3 heteroatoms. The van der Waals surface area contributed by atoms with Gasteiger partial charge in [0.2, 0.25) is 0 Å². The number of rotatable bonds is 2. The molecule has 2 aromatic carbocycles. The van der Waals surface area contributed by atoms with E-state index in [1.165, 1.54) is 5.56 Å². The van der Waals surface area contributed by atoms with Crippen LogP contribution in [0.2, 0.25) is 0 Å². The van der Waals surface area contributed by atoms with Crippen molar-refractivity contribution in [2.45, 2.75) is 0 Å². The molecule has 0 saturated carbocycles. The number of hydrogen-bond acceptors (Lipinski definition) is 1. The number of benzene rings is 2. The van der Waals surface area contributed by atoms with Crippen LogP contribution < -0.4 is 0 Å². The molecule has 0 saturated heterocycles. The van der Waals surface area contributed by atoms with Gasteiger partial charge >= 0.3 is 0 Å². The van der Waals surface area contributed by atoms with E-state index in [1.54, 1.807) is 0 Å². The highest BCUT2D eigenvalue weighted by atomic mass is 15.1. The van der Waals surface area contributed by atoms with Gasteiger partial charge in [-0.2, -0.15) is 5.10 Å². The van der Waals surface area contributed by atoms with Crippen molar-refractivity contribution >= 4 is 10.9 Å². The van der Waals surface area contributed by atoms with Crippen LogP contribution >= 0.6 is 0 Å². The van der Waals surface area contributed by atoms with Crippen molar-refractivity contribution in [3.8, 4) is 22.5 Å². The van der Waals surface area contributed by atoms with Gasteiger partial charge in [0.05, 0.1) is 11.2 Å². The lowest BCUT2D eigenvalue weighted by atomic mass is 10.0. The second-order valence-electron chi connectivity index (χ2n) is 4.75.